The molecule has 0 unspecified atom stereocenters. The van der Waals surface area contributed by atoms with E-state index in [0.29, 0.717) is 10.6 Å². The fourth-order valence-corrected chi connectivity index (χ4v) is 6.69. The van der Waals surface area contributed by atoms with Crippen LogP contribution in [0.2, 0.25) is 5.02 Å². The lowest BCUT2D eigenvalue weighted by Crippen LogP contribution is -2.46. The molecule has 0 aliphatic heterocycles. The third-order valence-electron chi connectivity index (χ3n) is 8.08. The number of nitrogen functional groups attached to an aromatic ring is 1. The van der Waals surface area contributed by atoms with E-state index in [1.165, 1.54) is 11.0 Å². The Hall–Kier alpha value is -3.50. The SMILES string of the molecule is Nc1c(C(=O)NC2CCCCC2)nsc1C(=O)N(Cc1ccccc1F)[C@H](C(=O)NC1CCCC1)c1ccc(Cl)cc1. The van der Waals surface area contributed by atoms with Gasteiger partial charge in [0.05, 0.1) is 12.2 Å². The van der Waals surface area contributed by atoms with Crippen LogP contribution in [0, 0.1) is 5.82 Å². The molecule has 0 bridgehead atoms. The van der Waals surface area contributed by atoms with E-state index >= 15 is 0 Å². The third kappa shape index (κ3) is 6.93. The van der Waals surface area contributed by atoms with Gasteiger partial charge in [0.15, 0.2) is 5.69 Å². The highest BCUT2D eigenvalue weighted by atomic mass is 35.5. The molecular formula is C31H35ClFN5O3S. The summed E-state index contributed by atoms with van der Waals surface area (Å²) in [6, 6.07) is 11.7. The number of aromatic nitrogens is 1. The van der Waals surface area contributed by atoms with E-state index in [0.717, 1.165) is 69.3 Å². The van der Waals surface area contributed by atoms with Crippen molar-refractivity contribution in [1.82, 2.24) is 19.9 Å². The Morgan fingerprint density at radius 1 is 0.952 bits per heavy atom. The summed E-state index contributed by atoms with van der Waals surface area (Å²) in [6.07, 6.45) is 8.72. The third-order valence-corrected chi connectivity index (χ3v) is 9.19. The Kier molecular flexibility index (Phi) is 9.74. The minimum atomic E-state index is -1.11. The maximum Gasteiger partial charge on any atom is 0.273 e. The van der Waals surface area contributed by atoms with Crippen molar-refractivity contribution < 1.29 is 18.8 Å². The highest BCUT2D eigenvalue weighted by Crippen LogP contribution is 2.32. The van der Waals surface area contributed by atoms with Crippen molar-refractivity contribution in [2.45, 2.75) is 82.5 Å². The Bertz CT molecular complexity index is 1420. The summed E-state index contributed by atoms with van der Waals surface area (Å²) in [4.78, 5) is 42.6. The van der Waals surface area contributed by atoms with Crippen LogP contribution in [0.1, 0.15) is 95.1 Å². The molecule has 3 amide bonds. The zero-order valence-electron chi connectivity index (χ0n) is 23.3. The summed E-state index contributed by atoms with van der Waals surface area (Å²) in [5, 5.41) is 6.56. The Balaban J connectivity index is 1.51. The van der Waals surface area contributed by atoms with E-state index in [1.807, 2.05) is 0 Å². The summed E-state index contributed by atoms with van der Waals surface area (Å²) >= 11 is 6.96. The van der Waals surface area contributed by atoms with E-state index in [1.54, 1.807) is 42.5 Å². The van der Waals surface area contributed by atoms with Gasteiger partial charge in [-0.1, -0.05) is 74.0 Å². The van der Waals surface area contributed by atoms with E-state index in [4.69, 9.17) is 17.3 Å². The normalized spacial score (nSPS) is 16.6. The highest BCUT2D eigenvalue weighted by molar-refractivity contribution is 7.09. The molecule has 8 nitrogen and oxygen atoms in total. The minimum Gasteiger partial charge on any atom is -0.395 e. The number of nitrogens with one attached hydrogen (secondary N) is 2. The second-order valence-electron chi connectivity index (χ2n) is 11.1. The molecule has 5 rings (SSSR count). The number of hydrogen-bond acceptors (Lipinski definition) is 6. The first-order valence-corrected chi connectivity index (χ1v) is 15.6. The molecule has 1 aromatic heterocycles. The molecule has 2 aliphatic carbocycles. The maximum atomic E-state index is 14.9. The number of carbonyl (C=O) groups is 3. The molecule has 42 heavy (non-hydrogen) atoms. The van der Waals surface area contributed by atoms with Crippen molar-refractivity contribution in [3.05, 3.63) is 81.1 Å². The van der Waals surface area contributed by atoms with Gasteiger partial charge in [-0.3, -0.25) is 14.4 Å². The summed E-state index contributed by atoms with van der Waals surface area (Å²) in [5.74, 6) is -1.94. The Morgan fingerprint density at radius 2 is 1.57 bits per heavy atom. The van der Waals surface area contributed by atoms with Crippen molar-refractivity contribution in [2.75, 3.05) is 5.73 Å². The molecule has 222 valence electrons. The molecule has 0 radical (unpaired) electrons. The van der Waals surface area contributed by atoms with E-state index < -0.39 is 23.7 Å². The van der Waals surface area contributed by atoms with Crippen LogP contribution in [0.15, 0.2) is 48.5 Å². The number of amides is 3. The van der Waals surface area contributed by atoms with Gasteiger partial charge in [0.25, 0.3) is 11.8 Å². The smallest absolute Gasteiger partial charge is 0.273 e. The minimum absolute atomic E-state index is 0.0127. The van der Waals surface area contributed by atoms with Gasteiger partial charge in [-0.05, 0) is 61.0 Å². The van der Waals surface area contributed by atoms with Crippen molar-refractivity contribution in [3.63, 3.8) is 0 Å². The van der Waals surface area contributed by atoms with E-state index in [2.05, 4.69) is 15.0 Å². The number of nitrogens with two attached hydrogens (primary N) is 1. The predicted molar refractivity (Wildman–Crippen MR) is 162 cm³/mol. The van der Waals surface area contributed by atoms with Gasteiger partial charge in [0, 0.05) is 22.7 Å². The van der Waals surface area contributed by atoms with E-state index in [-0.39, 0.29) is 46.4 Å². The van der Waals surface area contributed by atoms with Crippen LogP contribution in [0.3, 0.4) is 0 Å². The number of nitrogens with zero attached hydrogens (tertiary/aromatic N) is 2. The molecule has 2 aromatic carbocycles. The van der Waals surface area contributed by atoms with Gasteiger partial charge in [0.1, 0.15) is 16.7 Å². The second-order valence-corrected chi connectivity index (χ2v) is 12.3. The molecule has 4 N–H and O–H groups in total. The summed E-state index contributed by atoms with van der Waals surface area (Å²) < 4.78 is 19.2. The maximum absolute atomic E-state index is 14.9. The monoisotopic (exact) mass is 611 g/mol. The predicted octanol–water partition coefficient (Wildman–Crippen LogP) is 6.02. The fourth-order valence-electron chi connectivity index (χ4n) is 5.80. The average Bonchev–Trinajstić information content (AvgIpc) is 3.64. The lowest BCUT2D eigenvalue weighted by molar-refractivity contribution is -0.126. The van der Waals surface area contributed by atoms with E-state index in [9.17, 15) is 18.8 Å². The van der Waals surface area contributed by atoms with Crippen LogP contribution in [0.4, 0.5) is 10.1 Å². The average molecular weight is 612 g/mol. The summed E-state index contributed by atoms with van der Waals surface area (Å²) in [5.41, 5.74) is 7.06. The molecule has 11 heteroatoms. The van der Waals surface area contributed by atoms with Gasteiger partial charge >= 0.3 is 0 Å². The van der Waals surface area contributed by atoms with Crippen LogP contribution < -0.4 is 16.4 Å². The van der Waals surface area contributed by atoms with Crippen LogP contribution in [-0.4, -0.2) is 39.1 Å². The summed E-state index contributed by atoms with van der Waals surface area (Å²) in [6.45, 7) is -0.210. The zero-order valence-corrected chi connectivity index (χ0v) is 24.9. The van der Waals surface area contributed by atoms with Gasteiger partial charge in [-0.15, -0.1) is 0 Å². The largest absolute Gasteiger partial charge is 0.395 e. The van der Waals surface area contributed by atoms with Crippen molar-refractivity contribution in [2.24, 2.45) is 0 Å². The number of benzene rings is 2. The molecule has 3 aromatic rings. The molecule has 1 heterocycles. The first-order chi connectivity index (χ1) is 20.3. The second kappa shape index (κ2) is 13.6. The number of halogens is 2. The first kappa shape index (κ1) is 30.0. The van der Waals surface area contributed by atoms with Crippen LogP contribution in [0.5, 0.6) is 0 Å². The highest BCUT2D eigenvalue weighted by Gasteiger charge is 2.36. The summed E-state index contributed by atoms with van der Waals surface area (Å²) in [7, 11) is 0. The topological polar surface area (TPSA) is 117 Å². The molecule has 2 fully saturated rings. The standard InChI is InChI=1S/C31H35ClFN5O3S/c32-21-16-14-19(15-17-21)27(30(40)36-23-11-5-6-12-23)38(18-20-8-4-7-13-24(20)33)31(41)28-25(34)26(37-42-28)29(39)35-22-9-2-1-3-10-22/h4,7-8,13-17,22-23,27H,1-3,5-6,9-12,18,34H2,(H,35,39)(H,36,40)/t27-/m0/s1. The van der Waals surface area contributed by atoms with Gasteiger partial charge in [-0.25, -0.2) is 4.39 Å². The number of hydrogen-bond donors (Lipinski definition) is 3. The fraction of sp³-hybridized carbons (Fsp3) is 0.419. The quantitative estimate of drug-likeness (QED) is 0.273. The van der Waals surface area contributed by atoms with Crippen LogP contribution in [-0.2, 0) is 11.3 Å². The van der Waals surface area contributed by atoms with Gasteiger partial charge < -0.3 is 21.3 Å². The first-order valence-electron chi connectivity index (χ1n) is 14.5. The zero-order chi connectivity index (χ0) is 29.6. The molecule has 2 aliphatic rings. The van der Waals surface area contributed by atoms with Gasteiger partial charge in [-0.2, -0.15) is 4.37 Å². The molecule has 2 saturated carbocycles. The lowest BCUT2D eigenvalue weighted by Gasteiger charge is -2.32. The molecule has 0 saturated heterocycles. The van der Waals surface area contributed by atoms with Crippen molar-refractivity contribution in [1.29, 1.82) is 0 Å². The van der Waals surface area contributed by atoms with Crippen molar-refractivity contribution in [3.8, 4) is 0 Å². The molecule has 0 spiro atoms. The number of carbonyl (C=O) groups excluding carboxylic acids is 3. The lowest BCUT2D eigenvalue weighted by atomic mass is 9.95. The Labute approximate surface area is 254 Å². The van der Waals surface area contributed by atoms with Crippen LogP contribution in [0.25, 0.3) is 0 Å². The van der Waals surface area contributed by atoms with Crippen molar-refractivity contribution >= 4 is 46.5 Å². The molecule has 1 atom stereocenters. The molecular weight excluding hydrogens is 577 g/mol. The number of anilines is 1. The Morgan fingerprint density at radius 3 is 2.24 bits per heavy atom. The van der Waals surface area contributed by atoms with Gasteiger partial charge in [0.2, 0.25) is 5.91 Å². The number of rotatable bonds is 9. The van der Waals surface area contributed by atoms with Crippen LogP contribution >= 0.6 is 23.1 Å².